The predicted molar refractivity (Wildman–Crippen MR) is 180 cm³/mol. The van der Waals surface area contributed by atoms with Crippen molar-refractivity contribution in [1.82, 2.24) is 10.6 Å². The van der Waals surface area contributed by atoms with Crippen molar-refractivity contribution in [2.75, 3.05) is 13.6 Å². The quantitative estimate of drug-likeness (QED) is 0.137. The lowest BCUT2D eigenvalue weighted by molar-refractivity contribution is -0.202. The molecule has 46 heavy (non-hydrogen) atoms. The summed E-state index contributed by atoms with van der Waals surface area (Å²) in [5.74, 6) is 1.62. The first-order chi connectivity index (χ1) is 22.0. The predicted octanol–water partition coefficient (Wildman–Crippen LogP) is 9.64. The number of fused-ring (bicyclic) bond motifs is 1. The molecule has 4 fully saturated rings. The first-order valence-corrected chi connectivity index (χ1v) is 19.5. The SMILES string of the molecule is CCCC1C(CCNC)C1CC1CCC(CCC(O)C2=CC(C3C4CCCCCCC4NC3C(C)F)C(C)CC2)CC1C(F)(F)F. The summed E-state index contributed by atoms with van der Waals surface area (Å²) >= 11 is 0. The minimum Gasteiger partial charge on any atom is -0.389 e. The Bertz CT molecular complexity index is 970. The van der Waals surface area contributed by atoms with E-state index in [1.165, 1.54) is 25.7 Å². The largest absolute Gasteiger partial charge is 0.392 e. The normalized spacial score (nSPS) is 41.6. The fourth-order valence-corrected chi connectivity index (χ4v) is 11.2. The molecule has 7 heteroatoms. The summed E-state index contributed by atoms with van der Waals surface area (Å²) in [6.07, 6.45) is 12.7. The van der Waals surface area contributed by atoms with Crippen molar-refractivity contribution in [2.45, 2.75) is 160 Å². The maximum atomic E-state index is 15.1. The second-order valence-corrected chi connectivity index (χ2v) is 16.6. The zero-order valence-corrected chi connectivity index (χ0v) is 29.3. The zero-order chi connectivity index (χ0) is 33.0. The fourth-order valence-electron chi connectivity index (χ4n) is 11.2. The number of hydrogen-bond donors (Lipinski definition) is 3. The number of nitrogens with one attached hydrogen (secondary N) is 2. The third kappa shape index (κ3) is 8.73. The highest BCUT2D eigenvalue weighted by molar-refractivity contribution is 5.18. The van der Waals surface area contributed by atoms with Crippen LogP contribution in [0.15, 0.2) is 11.6 Å². The van der Waals surface area contributed by atoms with E-state index >= 15 is 4.39 Å². The zero-order valence-electron chi connectivity index (χ0n) is 29.3. The number of rotatable bonds is 13. The fraction of sp³-hybridized carbons (Fsp3) is 0.949. The summed E-state index contributed by atoms with van der Waals surface area (Å²) < 4.78 is 58.4. The van der Waals surface area contributed by atoms with Crippen LogP contribution in [0.1, 0.15) is 130 Å². The van der Waals surface area contributed by atoms with E-state index in [-0.39, 0.29) is 36.1 Å². The molecule has 0 aromatic heterocycles. The van der Waals surface area contributed by atoms with Gasteiger partial charge in [-0.3, -0.25) is 0 Å². The first-order valence-electron chi connectivity index (χ1n) is 19.5. The summed E-state index contributed by atoms with van der Waals surface area (Å²) in [5, 5.41) is 18.4. The molecule has 1 heterocycles. The molecule has 1 aliphatic heterocycles. The Balaban J connectivity index is 1.20. The highest BCUT2D eigenvalue weighted by atomic mass is 19.4. The van der Waals surface area contributed by atoms with Crippen LogP contribution in [-0.4, -0.2) is 49.2 Å². The van der Waals surface area contributed by atoms with Gasteiger partial charge in [-0.25, -0.2) is 4.39 Å². The number of hydrogen-bond acceptors (Lipinski definition) is 3. The van der Waals surface area contributed by atoms with Gasteiger partial charge < -0.3 is 15.7 Å². The van der Waals surface area contributed by atoms with Gasteiger partial charge in [0.2, 0.25) is 0 Å². The molecule has 14 atom stereocenters. The third-order valence-electron chi connectivity index (χ3n) is 13.8. The van der Waals surface area contributed by atoms with E-state index in [2.05, 4.69) is 30.6 Å². The molecule has 0 aromatic carbocycles. The Kier molecular flexibility index (Phi) is 13.0. The van der Waals surface area contributed by atoms with E-state index in [0.717, 1.165) is 69.9 Å². The Morgan fingerprint density at radius 1 is 0.978 bits per heavy atom. The number of halogens is 4. The molecule has 0 amide bonds. The molecule has 14 unspecified atom stereocenters. The van der Waals surface area contributed by atoms with Crippen molar-refractivity contribution in [3.8, 4) is 0 Å². The van der Waals surface area contributed by atoms with Crippen molar-refractivity contribution < 1.29 is 22.7 Å². The number of aliphatic hydroxyl groups is 1. The van der Waals surface area contributed by atoms with Gasteiger partial charge in [0, 0.05) is 12.1 Å². The summed E-state index contributed by atoms with van der Waals surface area (Å²) in [6, 6.07) is 0.243. The summed E-state index contributed by atoms with van der Waals surface area (Å²) in [5.41, 5.74) is 1.06. The van der Waals surface area contributed by atoms with Gasteiger partial charge in [0.1, 0.15) is 6.17 Å². The molecule has 5 rings (SSSR count). The first kappa shape index (κ1) is 36.6. The Morgan fingerprint density at radius 2 is 1.72 bits per heavy atom. The van der Waals surface area contributed by atoms with Gasteiger partial charge in [0.05, 0.1) is 12.0 Å². The Hall–Kier alpha value is -0.660. The molecular weight excluding hydrogens is 588 g/mol. The van der Waals surface area contributed by atoms with Gasteiger partial charge in [-0.2, -0.15) is 13.2 Å². The van der Waals surface area contributed by atoms with Gasteiger partial charge in [0.15, 0.2) is 0 Å². The van der Waals surface area contributed by atoms with Crippen LogP contribution in [0.3, 0.4) is 0 Å². The lowest BCUT2D eigenvalue weighted by Crippen LogP contribution is -2.42. The molecule has 0 aromatic rings. The van der Waals surface area contributed by atoms with E-state index in [1.807, 2.05) is 7.05 Å². The maximum Gasteiger partial charge on any atom is 0.392 e. The smallest absolute Gasteiger partial charge is 0.389 e. The summed E-state index contributed by atoms with van der Waals surface area (Å²) in [4.78, 5) is 0. The van der Waals surface area contributed by atoms with Gasteiger partial charge in [-0.15, -0.1) is 0 Å². The molecule has 5 aliphatic rings. The van der Waals surface area contributed by atoms with E-state index in [4.69, 9.17) is 0 Å². The molecular formula is C39H66F4N2O. The second-order valence-electron chi connectivity index (χ2n) is 16.6. The van der Waals surface area contributed by atoms with E-state index in [9.17, 15) is 18.3 Å². The van der Waals surface area contributed by atoms with Crippen LogP contribution in [0.5, 0.6) is 0 Å². The molecule has 3 nitrogen and oxygen atoms in total. The molecule has 1 saturated heterocycles. The van der Waals surface area contributed by atoms with Crippen LogP contribution in [0.2, 0.25) is 0 Å². The maximum absolute atomic E-state index is 15.1. The topological polar surface area (TPSA) is 44.3 Å². The molecule has 0 bridgehead atoms. The van der Waals surface area contributed by atoms with Gasteiger partial charge in [0.25, 0.3) is 0 Å². The van der Waals surface area contributed by atoms with Crippen LogP contribution in [0.25, 0.3) is 0 Å². The molecule has 4 aliphatic carbocycles. The average molecular weight is 655 g/mol. The Labute approximate surface area is 277 Å². The van der Waals surface area contributed by atoms with Crippen molar-refractivity contribution in [1.29, 1.82) is 0 Å². The van der Waals surface area contributed by atoms with Crippen molar-refractivity contribution in [3.05, 3.63) is 11.6 Å². The number of alkyl halides is 4. The minimum atomic E-state index is -4.15. The summed E-state index contributed by atoms with van der Waals surface area (Å²) in [7, 11) is 1.96. The van der Waals surface area contributed by atoms with Crippen molar-refractivity contribution >= 4 is 0 Å². The summed E-state index contributed by atoms with van der Waals surface area (Å²) in [6.45, 7) is 7.14. The lowest BCUT2D eigenvalue weighted by atomic mass is 9.65. The van der Waals surface area contributed by atoms with Crippen LogP contribution in [0, 0.1) is 59.2 Å². The molecule has 3 N–H and O–H groups in total. The van der Waals surface area contributed by atoms with Crippen molar-refractivity contribution in [2.24, 2.45) is 59.2 Å². The highest BCUT2D eigenvalue weighted by Gasteiger charge is 2.54. The van der Waals surface area contributed by atoms with Gasteiger partial charge >= 0.3 is 6.18 Å². The van der Waals surface area contributed by atoms with E-state index in [1.54, 1.807) is 6.92 Å². The number of allylic oxidation sites excluding steroid dienone is 1. The monoisotopic (exact) mass is 655 g/mol. The minimum absolute atomic E-state index is 0.0219. The van der Waals surface area contributed by atoms with Gasteiger partial charge in [-0.1, -0.05) is 64.9 Å². The molecule has 3 saturated carbocycles. The molecule has 266 valence electrons. The van der Waals surface area contributed by atoms with E-state index in [0.29, 0.717) is 54.9 Å². The second kappa shape index (κ2) is 16.4. The van der Waals surface area contributed by atoms with E-state index < -0.39 is 24.4 Å². The average Bonchev–Trinajstić information content (AvgIpc) is 3.52. The van der Waals surface area contributed by atoms with Crippen LogP contribution in [-0.2, 0) is 0 Å². The highest BCUT2D eigenvalue weighted by Crippen LogP contribution is 2.58. The molecule has 0 spiro atoms. The Morgan fingerprint density at radius 3 is 2.41 bits per heavy atom. The van der Waals surface area contributed by atoms with Crippen LogP contribution >= 0.6 is 0 Å². The lowest BCUT2D eigenvalue weighted by Gasteiger charge is -2.40. The standard InChI is InChI=1S/C39H66F4N2O/c1-5-10-29-30(19-20-44-4)33(29)22-27-17-14-26(21-34(27)39(41,42)43)15-18-36(46)28-16-13-24(2)32(23-28)37-31-11-8-6-7-9-12-35(31)45-38(37)25(3)40/h23-27,29-38,44-46H,5-22H2,1-4H3. The van der Waals surface area contributed by atoms with Crippen LogP contribution in [0.4, 0.5) is 17.6 Å². The van der Waals surface area contributed by atoms with Crippen LogP contribution < -0.4 is 10.6 Å². The third-order valence-corrected chi connectivity index (χ3v) is 13.8. The molecule has 0 radical (unpaired) electrons. The number of aliphatic hydroxyl groups excluding tert-OH is 1. The van der Waals surface area contributed by atoms with Gasteiger partial charge in [-0.05, 0) is 144 Å². The van der Waals surface area contributed by atoms with Crippen molar-refractivity contribution in [3.63, 3.8) is 0 Å².